The molecule has 156 valence electrons. The molecule has 31 heavy (non-hydrogen) atoms. The lowest BCUT2D eigenvalue weighted by molar-refractivity contribution is -0.120. The number of hydrogen-bond acceptors (Lipinski definition) is 4. The van der Waals surface area contributed by atoms with Crippen LogP contribution in [0.3, 0.4) is 0 Å². The molecule has 0 saturated heterocycles. The molecule has 0 spiro atoms. The summed E-state index contributed by atoms with van der Waals surface area (Å²) in [7, 11) is 1.54. The Hall–Kier alpha value is -3.57. The van der Waals surface area contributed by atoms with E-state index in [1.165, 1.54) is 7.11 Å². The van der Waals surface area contributed by atoms with E-state index in [1.54, 1.807) is 48.5 Å². The highest BCUT2D eigenvalue weighted by molar-refractivity contribution is 6.46. The van der Waals surface area contributed by atoms with Gasteiger partial charge < -0.3 is 10.1 Å². The van der Waals surface area contributed by atoms with E-state index >= 15 is 0 Å². The average molecular weight is 433 g/mol. The van der Waals surface area contributed by atoms with E-state index in [4.69, 9.17) is 16.3 Å². The molecule has 6 heteroatoms. The number of halogens is 1. The molecule has 0 aliphatic carbocycles. The summed E-state index contributed by atoms with van der Waals surface area (Å²) in [5.74, 6) is -0.282. The number of methoxy groups -OCH3 is 1. The van der Waals surface area contributed by atoms with Gasteiger partial charge in [-0.15, -0.1) is 0 Å². The van der Waals surface area contributed by atoms with Crippen LogP contribution < -0.4 is 15.0 Å². The number of imide groups is 1. The van der Waals surface area contributed by atoms with Crippen molar-refractivity contribution in [1.29, 1.82) is 0 Å². The molecule has 0 unspecified atom stereocenters. The molecule has 2 amide bonds. The molecule has 1 aliphatic heterocycles. The first-order chi connectivity index (χ1) is 14.9. The Balaban J connectivity index is 1.82. The maximum absolute atomic E-state index is 13.5. The van der Waals surface area contributed by atoms with Crippen LogP contribution in [0.25, 0.3) is 5.57 Å². The van der Waals surface area contributed by atoms with E-state index in [2.05, 4.69) is 5.32 Å². The van der Waals surface area contributed by atoms with Gasteiger partial charge in [0.25, 0.3) is 11.8 Å². The molecule has 0 aromatic heterocycles. The van der Waals surface area contributed by atoms with Crippen molar-refractivity contribution in [2.45, 2.75) is 13.8 Å². The van der Waals surface area contributed by atoms with Crippen molar-refractivity contribution in [2.24, 2.45) is 0 Å². The molecule has 4 rings (SSSR count). The van der Waals surface area contributed by atoms with Crippen LogP contribution >= 0.6 is 11.6 Å². The number of rotatable bonds is 5. The number of hydrogen-bond donors (Lipinski definition) is 1. The Morgan fingerprint density at radius 2 is 1.61 bits per heavy atom. The zero-order chi connectivity index (χ0) is 22.1. The van der Waals surface area contributed by atoms with Crippen molar-refractivity contribution in [3.63, 3.8) is 0 Å². The summed E-state index contributed by atoms with van der Waals surface area (Å²) in [6, 6.07) is 19.6. The molecule has 5 nitrogen and oxygen atoms in total. The minimum Gasteiger partial charge on any atom is -0.497 e. The number of nitrogens with zero attached hydrogens (tertiary/aromatic N) is 1. The zero-order valence-corrected chi connectivity index (χ0v) is 18.2. The third kappa shape index (κ3) is 3.92. The molecule has 0 fully saturated rings. The Morgan fingerprint density at radius 1 is 0.871 bits per heavy atom. The second kappa shape index (κ2) is 8.28. The average Bonchev–Trinajstić information content (AvgIpc) is 3.01. The normalized spacial score (nSPS) is 13.7. The molecule has 0 bridgehead atoms. The molecule has 1 aliphatic rings. The summed E-state index contributed by atoms with van der Waals surface area (Å²) in [4.78, 5) is 28.1. The first-order valence-electron chi connectivity index (χ1n) is 9.76. The Morgan fingerprint density at radius 3 is 2.29 bits per heavy atom. The maximum atomic E-state index is 13.5. The van der Waals surface area contributed by atoms with Gasteiger partial charge in [0.15, 0.2) is 0 Å². The second-order valence-electron chi connectivity index (χ2n) is 7.33. The fourth-order valence-electron chi connectivity index (χ4n) is 3.48. The molecular weight excluding hydrogens is 412 g/mol. The molecule has 0 atom stereocenters. The number of carbonyl (C=O) groups excluding carboxylic acids is 2. The standard InChI is InChI=1S/C25H21ClN2O3/c1-15-7-12-19(13-16(15)2)27-23-22(17-8-10-18(26)11-9-17)24(29)28(25(23)30)20-5-4-6-21(14-20)31-3/h4-14,27H,1-3H3. The number of benzene rings is 3. The fourth-order valence-corrected chi connectivity index (χ4v) is 3.60. The molecule has 3 aromatic rings. The summed E-state index contributed by atoms with van der Waals surface area (Å²) >= 11 is 6.03. The minimum absolute atomic E-state index is 0.221. The first kappa shape index (κ1) is 20.7. The van der Waals surface area contributed by atoms with Crippen LogP contribution in [0.5, 0.6) is 5.75 Å². The third-order valence-corrected chi connectivity index (χ3v) is 5.56. The molecular formula is C25H21ClN2O3. The predicted molar refractivity (Wildman–Crippen MR) is 123 cm³/mol. The molecule has 0 radical (unpaired) electrons. The number of carbonyl (C=O) groups is 2. The number of ether oxygens (including phenoxy) is 1. The number of anilines is 2. The second-order valence-corrected chi connectivity index (χ2v) is 7.76. The SMILES string of the molecule is COc1cccc(N2C(=O)C(Nc3ccc(C)c(C)c3)=C(c3ccc(Cl)cc3)C2=O)c1. The molecule has 0 saturated carbocycles. The lowest BCUT2D eigenvalue weighted by Gasteiger charge is -2.16. The summed E-state index contributed by atoms with van der Waals surface area (Å²) in [6.07, 6.45) is 0. The monoisotopic (exact) mass is 432 g/mol. The van der Waals surface area contributed by atoms with Crippen molar-refractivity contribution in [2.75, 3.05) is 17.3 Å². The van der Waals surface area contributed by atoms with Gasteiger partial charge in [0, 0.05) is 16.8 Å². The van der Waals surface area contributed by atoms with Crippen LogP contribution in [0.1, 0.15) is 16.7 Å². The summed E-state index contributed by atoms with van der Waals surface area (Å²) < 4.78 is 5.26. The highest BCUT2D eigenvalue weighted by Gasteiger charge is 2.40. The lowest BCUT2D eigenvalue weighted by Crippen LogP contribution is -2.32. The van der Waals surface area contributed by atoms with Crippen LogP contribution in [0.15, 0.2) is 72.4 Å². The Kier molecular flexibility index (Phi) is 5.53. The van der Waals surface area contributed by atoms with Crippen LogP contribution in [0.4, 0.5) is 11.4 Å². The van der Waals surface area contributed by atoms with E-state index in [9.17, 15) is 9.59 Å². The minimum atomic E-state index is -0.429. The van der Waals surface area contributed by atoms with Crippen LogP contribution in [-0.4, -0.2) is 18.9 Å². The number of amides is 2. The summed E-state index contributed by atoms with van der Waals surface area (Å²) in [6.45, 7) is 4.02. The maximum Gasteiger partial charge on any atom is 0.282 e. The van der Waals surface area contributed by atoms with Gasteiger partial charge in [0.05, 0.1) is 18.4 Å². The van der Waals surface area contributed by atoms with Crippen molar-refractivity contribution in [1.82, 2.24) is 0 Å². The van der Waals surface area contributed by atoms with E-state index in [0.717, 1.165) is 21.7 Å². The number of aryl methyl sites for hydroxylation is 2. The van der Waals surface area contributed by atoms with Gasteiger partial charge >= 0.3 is 0 Å². The highest BCUT2D eigenvalue weighted by atomic mass is 35.5. The van der Waals surface area contributed by atoms with Gasteiger partial charge in [-0.3, -0.25) is 9.59 Å². The summed E-state index contributed by atoms with van der Waals surface area (Å²) in [5, 5.41) is 3.73. The van der Waals surface area contributed by atoms with Crippen molar-refractivity contribution >= 4 is 40.4 Å². The van der Waals surface area contributed by atoms with E-state index < -0.39 is 11.8 Å². The van der Waals surface area contributed by atoms with Crippen molar-refractivity contribution in [3.05, 3.63) is 94.1 Å². The Labute approximate surface area is 185 Å². The topological polar surface area (TPSA) is 58.6 Å². The van der Waals surface area contributed by atoms with E-state index in [0.29, 0.717) is 27.6 Å². The molecule has 1 heterocycles. The number of nitrogens with one attached hydrogen (secondary N) is 1. The van der Waals surface area contributed by atoms with Crippen LogP contribution in [0.2, 0.25) is 5.02 Å². The van der Waals surface area contributed by atoms with Gasteiger partial charge in [-0.25, -0.2) is 4.90 Å². The third-order valence-electron chi connectivity index (χ3n) is 5.30. The van der Waals surface area contributed by atoms with Crippen molar-refractivity contribution < 1.29 is 14.3 Å². The predicted octanol–water partition coefficient (Wildman–Crippen LogP) is 5.36. The van der Waals surface area contributed by atoms with E-state index in [1.807, 2.05) is 32.0 Å². The first-order valence-corrected chi connectivity index (χ1v) is 10.1. The lowest BCUT2D eigenvalue weighted by atomic mass is 10.0. The quantitative estimate of drug-likeness (QED) is 0.551. The molecule has 3 aromatic carbocycles. The Bertz CT molecular complexity index is 1220. The molecule has 1 N–H and O–H groups in total. The van der Waals surface area contributed by atoms with Gasteiger partial charge in [-0.1, -0.05) is 35.9 Å². The van der Waals surface area contributed by atoms with Gasteiger partial charge in [-0.05, 0) is 66.9 Å². The highest BCUT2D eigenvalue weighted by Crippen LogP contribution is 2.35. The summed E-state index contributed by atoms with van der Waals surface area (Å²) in [5.41, 5.74) is 4.53. The van der Waals surface area contributed by atoms with Gasteiger partial charge in [0.1, 0.15) is 11.4 Å². The zero-order valence-electron chi connectivity index (χ0n) is 17.4. The van der Waals surface area contributed by atoms with Gasteiger partial charge in [0.2, 0.25) is 0 Å². The smallest absolute Gasteiger partial charge is 0.282 e. The fraction of sp³-hybridized carbons (Fsp3) is 0.120. The largest absolute Gasteiger partial charge is 0.497 e. The van der Waals surface area contributed by atoms with E-state index in [-0.39, 0.29) is 5.70 Å². The van der Waals surface area contributed by atoms with Gasteiger partial charge in [-0.2, -0.15) is 0 Å². The van der Waals surface area contributed by atoms with Crippen LogP contribution in [-0.2, 0) is 9.59 Å². The van der Waals surface area contributed by atoms with Crippen molar-refractivity contribution in [3.8, 4) is 5.75 Å². The van der Waals surface area contributed by atoms with Crippen LogP contribution in [0, 0.1) is 13.8 Å².